The van der Waals surface area contributed by atoms with Gasteiger partial charge in [0.2, 0.25) is 5.91 Å². The van der Waals surface area contributed by atoms with E-state index in [9.17, 15) is 9.90 Å². The van der Waals surface area contributed by atoms with Gasteiger partial charge >= 0.3 is 0 Å². The Bertz CT molecular complexity index is 452. The van der Waals surface area contributed by atoms with E-state index in [-0.39, 0.29) is 23.7 Å². The minimum absolute atomic E-state index is 0.117. The predicted octanol–water partition coefficient (Wildman–Crippen LogP) is 3.05. The van der Waals surface area contributed by atoms with E-state index in [1.807, 2.05) is 36.1 Å². The van der Waals surface area contributed by atoms with Crippen LogP contribution in [0.4, 0.5) is 0 Å². The van der Waals surface area contributed by atoms with E-state index in [1.54, 1.807) is 11.8 Å². The van der Waals surface area contributed by atoms with Crippen LogP contribution in [0.25, 0.3) is 0 Å². The quantitative estimate of drug-likeness (QED) is 0.869. The minimum atomic E-state index is -0.117. The van der Waals surface area contributed by atoms with Crippen LogP contribution >= 0.6 is 23.4 Å². The number of aliphatic hydroxyl groups is 1. The number of benzene rings is 1. The van der Waals surface area contributed by atoms with Crippen molar-refractivity contribution in [1.29, 1.82) is 0 Å². The SMILES string of the molecule is CC(Sc1ccc(Cl)cc1)C(=O)N1CCCC(CO)C1. The van der Waals surface area contributed by atoms with E-state index in [2.05, 4.69) is 0 Å². The van der Waals surface area contributed by atoms with Crippen LogP contribution in [0, 0.1) is 5.92 Å². The maximum absolute atomic E-state index is 12.4. The van der Waals surface area contributed by atoms with Crippen molar-refractivity contribution in [3.63, 3.8) is 0 Å². The van der Waals surface area contributed by atoms with Crippen LogP contribution in [0.2, 0.25) is 5.02 Å². The molecule has 1 aliphatic rings. The number of carbonyl (C=O) groups excluding carboxylic acids is 1. The summed E-state index contributed by atoms with van der Waals surface area (Å²) in [7, 11) is 0. The van der Waals surface area contributed by atoms with Crippen molar-refractivity contribution < 1.29 is 9.90 Å². The molecule has 2 atom stereocenters. The number of thioether (sulfide) groups is 1. The first kappa shape index (κ1) is 15.7. The lowest BCUT2D eigenvalue weighted by molar-refractivity contribution is -0.132. The second-order valence-electron chi connectivity index (χ2n) is 5.19. The zero-order valence-corrected chi connectivity index (χ0v) is 13.2. The number of nitrogens with zero attached hydrogens (tertiary/aromatic N) is 1. The summed E-state index contributed by atoms with van der Waals surface area (Å²) < 4.78 is 0. The van der Waals surface area contributed by atoms with Gasteiger partial charge in [0, 0.05) is 29.6 Å². The smallest absolute Gasteiger partial charge is 0.235 e. The highest BCUT2D eigenvalue weighted by Crippen LogP contribution is 2.27. The highest BCUT2D eigenvalue weighted by molar-refractivity contribution is 8.00. The third-order valence-corrected chi connectivity index (χ3v) is 4.91. The minimum Gasteiger partial charge on any atom is -0.396 e. The number of carbonyl (C=O) groups is 1. The van der Waals surface area contributed by atoms with Gasteiger partial charge in [-0.15, -0.1) is 11.8 Å². The van der Waals surface area contributed by atoms with Crippen molar-refractivity contribution in [2.45, 2.75) is 29.9 Å². The number of piperidine rings is 1. The van der Waals surface area contributed by atoms with Crippen molar-refractivity contribution in [3.8, 4) is 0 Å². The second-order valence-corrected chi connectivity index (χ2v) is 7.04. The normalized spacial score (nSPS) is 20.8. The Morgan fingerprint density at radius 3 is 2.85 bits per heavy atom. The molecule has 1 fully saturated rings. The molecule has 20 heavy (non-hydrogen) atoms. The van der Waals surface area contributed by atoms with Gasteiger partial charge in [-0.25, -0.2) is 0 Å². The van der Waals surface area contributed by atoms with Gasteiger partial charge in [0.1, 0.15) is 0 Å². The molecule has 0 aromatic heterocycles. The van der Waals surface area contributed by atoms with Gasteiger partial charge < -0.3 is 10.0 Å². The number of rotatable bonds is 4. The van der Waals surface area contributed by atoms with E-state index in [0.29, 0.717) is 11.6 Å². The summed E-state index contributed by atoms with van der Waals surface area (Å²) >= 11 is 7.41. The van der Waals surface area contributed by atoms with Gasteiger partial charge in [0.15, 0.2) is 0 Å². The Kier molecular flexibility index (Phi) is 5.75. The van der Waals surface area contributed by atoms with Gasteiger partial charge in [-0.3, -0.25) is 4.79 Å². The van der Waals surface area contributed by atoms with Crippen LogP contribution < -0.4 is 0 Å². The lowest BCUT2D eigenvalue weighted by Crippen LogP contribution is -2.44. The fourth-order valence-electron chi connectivity index (χ4n) is 2.44. The average molecular weight is 314 g/mol. The molecule has 2 unspecified atom stereocenters. The zero-order chi connectivity index (χ0) is 14.5. The topological polar surface area (TPSA) is 40.5 Å². The summed E-state index contributed by atoms with van der Waals surface area (Å²) in [6.07, 6.45) is 1.99. The molecule has 5 heteroatoms. The molecule has 1 amide bonds. The molecule has 1 saturated heterocycles. The largest absolute Gasteiger partial charge is 0.396 e. The third kappa shape index (κ3) is 4.14. The summed E-state index contributed by atoms with van der Waals surface area (Å²) in [6.45, 7) is 3.59. The van der Waals surface area contributed by atoms with Gasteiger partial charge in [0.05, 0.1) is 5.25 Å². The predicted molar refractivity (Wildman–Crippen MR) is 83.2 cm³/mol. The maximum atomic E-state index is 12.4. The molecule has 1 heterocycles. The summed E-state index contributed by atoms with van der Waals surface area (Å²) in [4.78, 5) is 15.4. The third-order valence-electron chi connectivity index (χ3n) is 3.56. The molecule has 110 valence electrons. The van der Waals surface area contributed by atoms with Crippen LogP contribution in [0.3, 0.4) is 0 Å². The average Bonchev–Trinajstić information content (AvgIpc) is 2.48. The Morgan fingerprint density at radius 2 is 2.20 bits per heavy atom. The Hall–Kier alpha value is -0.710. The van der Waals surface area contributed by atoms with Crippen molar-refractivity contribution >= 4 is 29.3 Å². The maximum Gasteiger partial charge on any atom is 0.235 e. The highest BCUT2D eigenvalue weighted by Gasteiger charge is 2.26. The monoisotopic (exact) mass is 313 g/mol. The number of halogens is 1. The van der Waals surface area contributed by atoms with E-state index in [4.69, 9.17) is 11.6 Å². The number of hydrogen-bond acceptors (Lipinski definition) is 3. The van der Waals surface area contributed by atoms with Crippen LogP contribution in [0.15, 0.2) is 29.2 Å². The first-order valence-corrected chi connectivity index (χ1v) is 8.17. The van der Waals surface area contributed by atoms with E-state index < -0.39 is 0 Å². The molecule has 3 nitrogen and oxygen atoms in total. The lowest BCUT2D eigenvalue weighted by Gasteiger charge is -2.33. The van der Waals surface area contributed by atoms with Gasteiger partial charge in [0.25, 0.3) is 0 Å². The lowest BCUT2D eigenvalue weighted by atomic mass is 9.99. The van der Waals surface area contributed by atoms with E-state index >= 15 is 0 Å². The highest BCUT2D eigenvalue weighted by atomic mass is 35.5. The Morgan fingerprint density at radius 1 is 1.50 bits per heavy atom. The van der Waals surface area contributed by atoms with Gasteiger partial charge in [-0.05, 0) is 49.9 Å². The first-order chi connectivity index (χ1) is 9.60. The number of aliphatic hydroxyl groups excluding tert-OH is 1. The molecule has 0 aliphatic carbocycles. The number of hydrogen-bond donors (Lipinski definition) is 1. The fourth-order valence-corrected chi connectivity index (χ4v) is 3.52. The van der Waals surface area contributed by atoms with Gasteiger partial charge in [-0.1, -0.05) is 11.6 Å². The van der Waals surface area contributed by atoms with Gasteiger partial charge in [-0.2, -0.15) is 0 Å². The summed E-state index contributed by atoms with van der Waals surface area (Å²) in [5.74, 6) is 0.392. The van der Waals surface area contributed by atoms with E-state index in [0.717, 1.165) is 24.3 Å². The Labute approximate surface area is 129 Å². The molecule has 2 rings (SSSR count). The molecule has 0 spiro atoms. The van der Waals surface area contributed by atoms with Crippen LogP contribution in [-0.2, 0) is 4.79 Å². The molecule has 0 radical (unpaired) electrons. The first-order valence-electron chi connectivity index (χ1n) is 6.92. The fraction of sp³-hybridized carbons (Fsp3) is 0.533. The molecule has 1 N–H and O–H groups in total. The van der Waals surface area contributed by atoms with Crippen molar-refractivity contribution in [2.24, 2.45) is 5.92 Å². The van der Waals surface area contributed by atoms with Crippen LogP contribution in [0.5, 0.6) is 0 Å². The standard InChI is InChI=1S/C15H20ClNO2S/c1-11(20-14-6-4-13(16)5-7-14)15(19)17-8-2-3-12(9-17)10-18/h4-7,11-12,18H,2-3,8-10H2,1H3. The second kappa shape index (κ2) is 7.34. The Balaban J connectivity index is 1.92. The summed E-state index contributed by atoms with van der Waals surface area (Å²) in [6, 6.07) is 7.54. The molecular weight excluding hydrogens is 294 g/mol. The molecule has 0 saturated carbocycles. The zero-order valence-electron chi connectivity index (χ0n) is 11.6. The molecule has 1 aliphatic heterocycles. The molecule has 1 aromatic carbocycles. The molecular formula is C15H20ClNO2S. The molecule has 1 aromatic rings. The number of amides is 1. The van der Waals surface area contributed by atoms with Crippen LogP contribution in [0.1, 0.15) is 19.8 Å². The van der Waals surface area contributed by atoms with E-state index in [1.165, 1.54) is 0 Å². The van der Waals surface area contributed by atoms with Crippen LogP contribution in [-0.4, -0.2) is 40.9 Å². The van der Waals surface area contributed by atoms with Crippen molar-refractivity contribution in [2.75, 3.05) is 19.7 Å². The van der Waals surface area contributed by atoms with Crippen molar-refractivity contribution in [1.82, 2.24) is 4.90 Å². The number of likely N-dealkylation sites (tertiary alicyclic amines) is 1. The van der Waals surface area contributed by atoms with Crippen molar-refractivity contribution in [3.05, 3.63) is 29.3 Å². The summed E-state index contributed by atoms with van der Waals surface area (Å²) in [5, 5.41) is 9.82. The molecule has 0 bridgehead atoms. The summed E-state index contributed by atoms with van der Waals surface area (Å²) in [5.41, 5.74) is 0.